The Morgan fingerprint density at radius 3 is 2.48 bits per heavy atom. The van der Waals surface area contributed by atoms with Gasteiger partial charge in [-0.15, -0.1) is 0 Å². The Labute approximate surface area is 166 Å². The van der Waals surface area contributed by atoms with E-state index in [1.54, 1.807) is 38.1 Å². The predicted molar refractivity (Wildman–Crippen MR) is 107 cm³/mol. The van der Waals surface area contributed by atoms with Gasteiger partial charge in [0.15, 0.2) is 5.60 Å². The number of carbonyl (C=O) groups is 1. The average molecular weight is 415 g/mol. The van der Waals surface area contributed by atoms with Crippen LogP contribution in [0.15, 0.2) is 36.3 Å². The van der Waals surface area contributed by atoms with E-state index in [9.17, 15) is 13.2 Å². The summed E-state index contributed by atoms with van der Waals surface area (Å²) in [6.07, 6.45) is 2.44. The Morgan fingerprint density at radius 2 is 1.93 bits per heavy atom. The lowest BCUT2D eigenvalue weighted by Gasteiger charge is -2.37. The van der Waals surface area contributed by atoms with Crippen molar-refractivity contribution in [2.75, 3.05) is 19.6 Å². The number of amides is 1. The van der Waals surface area contributed by atoms with Crippen LogP contribution in [-0.4, -0.2) is 44.5 Å². The van der Waals surface area contributed by atoms with Gasteiger partial charge in [0, 0.05) is 30.1 Å². The van der Waals surface area contributed by atoms with Crippen LogP contribution in [0.2, 0.25) is 5.02 Å². The minimum Gasteiger partial charge on any atom is -0.478 e. The number of likely N-dealkylation sites (tertiary alicyclic amines) is 1. The van der Waals surface area contributed by atoms with Gasteiger partial charge in [0.05, 0.1) is 0 Å². The quantitative estimate of drug-likeness (QED) is 0.708. The number of nitrogens with one attached hydrogen (secondary N) is 1. The number of halogens is 1. The standard InChI is InChI=1S/C19H27ClN2O4S/c1-4-27(24,25)21-12-9-15-10-13-22(14-11-15)18(23)19(2,3)26-17-7-5-16(20)6-8-17/h4-8,15,21H,1,9-14H2,2-3H3. The first-order chi connectivity index (χ1) is 12.6. The number of carbonyl (C=O) groups excluding carboxylic acids is 1. The fraction of sp³-hybridized carbons (Fsp3) is 0.526. The smallest absolute Gasteiger partial charge is 0.266 e. The molecule has 0 spiro atoms. The molecular formula is C19H27ClN2O4S. The Balaban J connectivity index is 1.82. The maximum absolute atomic E-state index is 12.9. The molecule has 1 aromatic carbocycles. The second kappa shape index (κ2) is 9.08. The van der Waals surface area contributed by atoms with Crippen molar-refractivity contribution < 1.29 is 17.9 Å². The van der Waals surface area contributed by atoms with Crippen LogP contribution >= 0.6 is 11.6 Å². The van der Waals surface area contributed by atoms with E-state index in [-0.39, 0.29) is 5.91 Å². The third-order valence-corrected chi connectivity index (χ3v) is 5.98. The highest BCUT2D eigenvalue weighted by atomic mass is 35.5. The van der Waals surface area contributed by atoms with E-state index < -0.39 is 15.6 Å². The maximum Gasteiger partial charge on any atom is 0.266 e. The van der Waals surface area contributed by atoms with Crippen LogP contribution in [0.25, 0.3) is 0 Å². The zero-order valence-corrected chi connectivity index (χ0v) is 17.4. The Kier molecular flexibility index (Phi) is 7.31. The summed E-state index contributed by atoms with van der Waals surface area (Å²) in [4.78, 5) is 14.7. The molecule has 150 valence electrons. The zero-order chi connectivity index (χ0) is 20.1. The number of rotatable bonds is 8. The van der Waals surface area contributed by atoms with Crippen LogP contribution in [0.5, 0.6) is 5.75 Å². The van der Waals surface area contributed by atoms with E-state index in [0.29, 0.717) is 36.3 Å². The minimum atomic E-state index is -3.37. The van der Waals surface area contributed by atoms with Crippen molar-refractivity contribution in [2.24, 2.45) is 5.92 Å². The summed E-state index contributed by atoms with van der Waals surface area (Å²) in [5, 5.41) is 1.53. The van der Waals surface area contributed by atoms with E-state index in [0.717, 1.165) is 24.7 Å². The van der Waals surface area contributed by atoms with Crippen LogP contribution in [0.4, 0.5) is 0 Å². The molecule has 1 heterocycles. The van der Waals surface area contributed by atoms with Gasteiger partial charge in [-0.05, 0) is 63.3 Å². The molecule has 8 heteroatoms. The molecule has 1 aromatic rings. The largest absolute Gasteiger partial charge is 0.478 e. The highest BCUT2D eigenvalue weighted by Gasteiger charge is 2.36. The number of benzene rings is 1. The predicted octanol–water partition coefficient (Wildman–Crippen LogP) is 3.19. The van der Waals surface area contributed by atoms with Gasteiger partial charge >= 0.3 is 0 Å². The lowest BCUT2D eigenvalue weighted by molar-refractivity contribution is -0.147. The number of piperidine rings is 1. The van der Waals surface area contributed by atoms with Crippen molar-refractivity contribution in [3.63, 3.8) is 0 Å². The van der Waals surface area contributed by atoms with Crippen LogP contribution < -0.4 is 9.46 Å². The van der Waals surface area contributed by atoms with E-state index in [4.69, 9.17) is 16.3 Å². The van der Waals surface area contributed by atoms with E-state index in [1.165, 1.54) is 0 Å². The zero-order valence-electron chi connectivity index (χ0n) is 15.8. The molecule has 2 rings (SSSR count). The highest BCUT2D eigenvalue weighted by molar-refractivity contribution is 7.92. The summed E-state index contributed by atoms with van der Waals surface area (Å²) >= 11 is 5.88. The van der Waals surface area contributed by atoms with Gasteiger partial charge in [0.25, 0.3) is 5.91 Å². The number of hydrogen-bond acceptors (Lipinski definition) is 4. The van der Waals surface area contributed by atoms with Crippen molar-refractivity contribution >= 4 is 27.5 Å². The lowest BCUT2D eigenvalue weighted by atomic mass is 9.92. The molecule has 6 nitrogen and oxygen atoms in total. The Morgan fingerprint density at radius 1 is 1.33 bits per heavy atom. The topological polar surface area (TPSA) is 75.7 Å². The van der Waals surface area contributed by atoms with E-state index in [1.807, 2.05) is 4.90 Å². The van der Waals surface area contributed by atoms with Crippen LogP contribution in [-0.2, 0) is 14.8 Å². The molecule has 0 atom stereocenters. The van der Waals surface area contributed by atoms with Gasteiger partial charge in [-0.25, -0.2) is 13.1 Å². The van der Waals surface area contributed by atoms with Crippen LogP contribution in [0.3, 0.4) is 0 Å². The molecule has 1 aliphatic rings. The lowest BCUT2D eigenvalue weighted by Crippen LogP contribution is -2.51. The second-order valence-electron chi connectivity index (χ2n) is 7.20. The van der Waals surface area contributed by atoms with Crippen LogP contribution in [0.1, 0.15) is 33.1 Å². The van der Waals surface area contributed by atoms with Gasteiger partial charge in [-0.1, -0.05) is 18.2 Å². The molecule has 27 heavy (non-hydrogen) atoms. The van der Waals surface area contributed by atoms with Crippen molar-refractivity contribution in [1.82, 2.24) is 9.62 Å². The molecule has 0 saturated carbocycles. The minimum absolute atomic E-state index is 0.0525. The summed E-state index contributed by atoms with van der Waals surface area (Å²) in [6.45, 7) is 8.47. The number of sulfonamides is 1. The van der Waals surface area contributed by atoms with Gasteiger partial charge in [0.2, 0.25) is 10.0 Å². The van der Waals surface area contributed by atoms with Gasteiger partial charge in [-0.3, -0.25) is 4.79 Å². The molecule has 0 bridgehead atoms. The molecule has 0 aliphatic carbocycles. The first-order valence-corrected chi connectivity index (χ1v) is 10.9. The first kappa shape index (κ1) is 21.7. The SMILES string of the molecule is C=CS(=O)(=O)NCCC1CCN(C(=O)C(C)(C)Oc2ccc(Cl)cc2)CC1. The molecule has 1 aliphatic heterocycles. The normalized spacial score (nSPS) is 16.2. The van der Waals surface area contributed by atoms with Crippen molar-refractivity contribution in [1.29, 1.82) is 0 Å². The average Bonchev–Trinajstić information content (AvgIpc) is 2.63. The van der Waals surface area contributed by atoms with Gasteiger partial charge < -0.3 is 9.64 Å². The molecule has 0 unspecified atom stereocenters. The Bertz CT molecular complexity index is 754. The van der Waals surface area contributed by atoms with Crippen molar-refractivity contribution in [3.8, 4) is 5.75 Å². The summed E-state index contributed by atoms with van der Waals surface area (Å²) in [6, 6.07) is 6.94. The Hall–Kier alpha value is -1.57. The molecule has 1 amide bonds. The number of ether oxygens (including phenoxy) is 1. The second-order valence-corrected chi connectivity index (χ2v) is 9.35. The highest BCUT2D eigenvalue weighted by Crippen LogP contribution is 2.26. The van der Waals surface area contributed by atoms with Crippen molar-refractivity contribution in [3.05, 3.63) is 41.3 Å². The summed E-state index contributed by atoms with van der Waals surface area (Å²) in [7, 11) is -3.37. The fourth-order valence-corrected chi connectivity index (χ4v) is 3.76. The van der Waals surface area contributed by atoms with E-state index in [2.05, 4.69) is 11.3 Å². The number of hydrogen-bond donors (Lipinski definition) is 1. The summed E-state index contributed by atoms with van der Waals surface area (Å²) < 4.78 is 31.1. The van der Waals surface area contributed by atoms with Gasteiger partial charge in [-0.2, -0.15) is 0 Å². The summed E-state index contributed by atoms with van der Waals surface area (Å²) in [5.74, 6) is 0.937. The molecular weight excluding hydrogens is 388 g/mol. The molecule has 1 N–H and O–H groups in total. The third-order valence-electron chi connectivity index (χ3n) is 4.68. The first-order valence-electron chi connectivity index (χ1n) is 8.99. The molecule has 0 aromatic heterocycles. The van der Waals surface area contributed by atoms with E-state index >= 15 is 0 Å². The van der Waals surface area contributed by atoms with Crippen molar-refractivity contribution in [2.45, 2.75) is 38.7 Å². The third kappa shape index (κ3) is 6.52. The molecule has 1 fully saturated rings. The molecule has 1 saturated heterocycles. The molecule has 0 radical (unpaired) electrons. The van der Waals surface area contributed by atoms with Gasteiger partial charge in [0.1, 0.15) is 5.75 Å². The fourth-order valence-electron chi connectivity index (χ4n) is 3.11. The monoisotopic (exact) mass is 414 g/mol. The van der Waals surface area contributed by atoms with Crippen LogP contribution in [0, 0.1) is 5.92 Å². The summed E-state index contributed by atoms with van der Waals surface area (Å²) in [5.41, 5.74) is -0.972. The maximum atomic E-state index is 12.9. The number of nitrogens with zero attached hydrogens (tertiary/aromatic N) is 1.